The third kappa shape index (κ3) is 3.32. The summed E-state index contributed by atoms with van der Waals surface area (Å²) < 4.78 is 26.9. The maximum absolute atomic E-state index is 13.8. The van der Waals surface area contributed by atoms with Gasteiger partial charge in [-0.05, 0) is 25.5 Å². The van der Waals surface area contributed by atoms with Crippen LogP contribution in [0.2, 0.25) is 0 Å². The van der Waals surface area contributed by atoms with Crippen molar-refractivity contribution in [1.82, 2.24) is 9.80 Å². The van der Waals surface area contributed by atoms with Crippen LogP contribution in [0.3, 0.4) is 0 Å². The molecule has 0 aliphatic carbocycles. The van der Waals surface area contributed by atoms with Crippen molar-refractivity contribution >= 4 is 11.6 Å². The first-order valence-electron chi connectivity index (χ1n) is 7.18. The quantitative estimate of drug-likeness (QED) is 0.869. The molecule has 0 bridgehead atoms. The second-order valence-corrected chi connectivity index (χ2v) is 5.44. The molecule has 6 heteroatoms. The summed E-state index contributed by atoms with van der Waals surface area (Å²) in [6, 6.07) is 1.81. The zero-order valence-electron chi connectivity index (χ0n) is 12.4. The highest BCUT2D eigenvalue weighted by Gasteiger charge is 2.27. The molecule has 0 aromatic heterocycles. The minimum atomic E-state index is -0.871. The Morgan fingerprint density at radius 2 is 1.95 bits per heavy atom. The molecule has 116 valence electrons. The van der Waals surface area contributed by atoms with Gasteiger partial charge in [0, 0.05) is 32.2 Å². The van der Waals surface area contributed by atoms with E-state index in [9.17, 15) is 13.6 Å². The molecule has 1 saturated heterocycles. The van der Waals surface area contributed by atoms with Crippen LogP contribution in [0.5, 0.6) is 0 Å². The summed E-state index contributed by atoms with van der Waals surface area (Å²) in [5.74, 6) is -2.17. The average molecular weight is 297 g/mol. The highest BCUT2D eigenvalue weighted by atomic mass is 19.1. The summed E-state index contributed by atoms with van der Waals surface area (Å²) >= 11 is 0. The highest BCUT2D eigenvalue weighted by molar-refractivity contribution is 5.95. The lowest BCUT2D eigenvalue weighted by Gasteiger charge is -2.36. The molecule has 21 heavy (non-hydrogen) atoms. The molecule has 1 aromatic rings. The number of carbonyl (C=O) groups is 1. The van der Waals surface area contributed by atoms with Gasteiger partial charge in [0.05, 0.1) is 11.3 Å². The molecule has 2 N–H and O–H groups in total. The van der Waals surface area contributed by atoms with Gasteiger partial charge in [-0.25, -0.2) is 8.78 Å². The lowest BCUT2D eigenvalue weighted by molar-refractivity contribution is 0.0642. The van der Waals surface area contributed by atoms with Gasteiger partial charge in [0.1, 0.15) is 11.6 Å². The maximum atomic E-state index is 13.8. The Labute approximate surface area is 123 Å². The number of benzene rings is 1. The van der Waals surface area contributed by atoms with Gasteiger partial charge >= 0.3 is 0 Å². The van der Waals surface area contributed by atoms with Crippen LogP contribution < -0.4 is 5.73 Å². The van der Waals surface area contributed by atoms with Crippen molar-refractivity contribution in [3.63, 3.8) is 0 Å². The van der Waals surface area contributed by atoms with Crippen LogP contribution >= 0.6 is 0 Å². The minimum absolute atomic E-state index is 0.0750. The van der Waals surface area contributed by atoms with E-state index in [1.807, 2.05) is 0 Å². The molecule has 4 nitrogen and oxygen atoms in total. The zero-order valence-corrected chi connectivity index (χ0v) is 12.4. The van der Waals surface area contributed by atoms with Crippen molar-refractivity contribution in [1.29, 1.82) is 0 Å². The Morgan fingerprint density at radius 1 is 1.33 bits per heavy atom. The number of rotatable bonds is 3. The summed E-state index contributed by atoms with van der Waals surface area (Å²) in [6.45, 7) is 4.94. The molecule has 1 heterocycles. The van der Waals surface area contributed by atoms with E-state index in [0.717, 1.165) is 38.5 Å². The molecule has 0 radical (unpaired) electrons. The number of piperidine rings is 1. The first-order valence-corrected chi connectivity index (χ1v) is 7.18. The number of likely N-dealkylation sites (tertiary alicyclic amines) is 1. The normalized spacial score (nSPS) is 17.0. The van der Waals surface area contributed by atoms with Gasteiger partial charge in [-0.2, -0.15) is 0 Å². The number of anilines is 1. The number of nitrogen functional groups attached to an aromatic ring is 1. The number of hydrogen-bond donors (Lipinski definition) is 1. The first kappa shape index (κ1) is 15.7. The van der Waals surface area contributed by atoms with E-state index in [1.54, 1.807) is 11.9 Å². The Morgan fingerprint density at radius 3 is 2.52 bits per heavy atom. The van der Waals surface area contributed by atoms with Gasteiger partial charge in [0.2, 0.25) is 0 Å². The van der Waals surface area contributed by atoms with Gasteiger partial charge < -0.3 is 15.5 Å². The average Bonchev–Trinajstić information content (AvgIpc) is 2.49. The van der Waals surface area contributed by atoms with Crippen LogP contribution in [-0.2, 0) is 0 Å². The molecular formula is C15H21F2N3O. The molecule has 0 atom stereocenters. The van der Waals surface area contributed by atoms with Gasteiger partial charge in [0.25, 0.3) is 5.91 Å². The molecule has 1 aliphatic heterocycles. The summed E-state index contributed by atoms with van der Waals surface area (Å²) in [5.41, 5.74) is 5.04. The van der Waals surface area contributed by atoms with Crippen LogP contribution in [-0.4, -0.2) is 48.4 Å². The number of halogens is 2. The van der Waals surface area contributed by atoms with E-state index >= 15 is 0 Å². The van der Waals surface area contributed by atoms with E-state index in [2.05, 4.69) is 11.8 Å². The molecule has 0 saturated carbocycles. The summed E-state index contributed by atoms with van der Waals surface area (Å²) in [7, 11) is 1.66. The topological polar surface area (TPSA) is 49.6 Å². The second kappa shape index (κ2) is 6.39. The molecule has 0 spiro atoms. The molecule has 1 amide bonds. The standard InChI is InChI=1S/C15H21F2N3O/c1-3-20-6-4-10(5-7-20)19(2)15(21)11-8-14(18)13(17)9-12(11)16/h8-10H,3-7,18H2,1-2H3. The van der Waals surface area contributed by atoms with E-state index < -0.39 is 17.5 Å². The lowest BCUT2D eigenvalue weighted by Crippen LogP contribution is -2.45. The molecule has 1 fully saturated rings. The maximum Gasteiger partial charge on any atom is 0.256 e. The summed E-state index contributed by atoms with van der Waals surface area (Å²) in [4.78, 5) is 16.2. The van der Waals surface area contributed by atoms with Crippen molar-refractivity contribution in [3.8, 4) is 0 Å². The number of hydrogen-bond acceptors (Lipinski definition) is 3. The summed E-state index contributed by atoms with van der Waals surface area (Å²) in [5, 5.41) is 0. The summed E-state index contributed by atoms with van der Waals surface area (Å²) in [6.07, 6.45) is 1.71. The van der Waals surface area contributed by atoms with Crippen molar-refractivity contribution in [3.05, 3.63) is 29.3 Å². The molecule has 1 aromatic carbocycles. The fraction of sp³-hybridized carbons (Fsp3) is 0.533. The minimum Gasteiger partial charge on any atom is -0.396 e. The monoisotopic (exact) mass is 297 g/mol. The Balaban J connectivity index is 2.11. The zero-order chi connectivity index (χ0) is 15.6. The first-order chi connectivity index (χ1) is 9.93. The molecule has 1 aliphatic rings. The van der Waals surface area contributed by atoms with Crippen LogP contribution in [0.15, 0.2) is 12.1 Å². The van der Waals surface area contributed by atoms with Crippen LogP contribution in [0.25, 0.3) is 0 Å². The lowest BCUT2D eigenvalue weighted by atomic mass is 10.0. The predicted octanol–water partition coefficient (Wildman–Crippen LogP) is 2.10. The Hall–Kier alpha value is -1.69. The van der Waals surface area contributed by atoms with Crippen LogP contribution in [0.1, 0.15) is 30.1 Å². The van der Waals surface area contributed by atoms with Gasteiger partial charge in [0.15, 0.2) is 0 Å². The van der Waals surface area contributed by atoms with E-state index in [4.69, 9.17) is 5.73 Å². The second-order valence-electron chi connectivity index (χ2n) is 5.44. The largest absolute Gasteiger partial charge is 0.396 e. The SMILES string of the molecule is CCN1CCC(N(C)C(=O)c2cc(N)c(F)cc2F)CC1. The van der Waals surface area contributed by atoms with Crippen LogP contribution in [0.4, 0.5) is 14.5 Å². The molecular weight excluding hydrogens is 276 g/mol. The fourth-order valence-electron chi connectivity index (χ4n) is 2.71. The molecule has 2 rings (SSSR count). The van der Waals surface area contributed by atoms with Crippen molar-refractivity contribution in [2.45, 2.75) is 25.8 Å². The third-order valence-corrected chi connectivity index (χ3v) is 4.19. The van der Waals surface area contributed by atoms with Crippen LogP contribution in [0, 0.1) is 11.6 Å². The Kier molecular flexibility index (Phi) is 4.77. The number of carbonyl (C=O) groups excluding carboxylic acids is 1. The number of amides is 1. The smallest absolute Gasteiger partial charge is 0.256 e. The van der Waals surface area contributed by atoms with Crippen molar-refractivity contribution in [2.24, 2.45) is 0 Å². The van der Waals surface area contributed by atoms with E-state index in [1.165, 1.54) is 0 Å². The number of nitrogens with zero attached hydrogens (tertiary/aromatic N) is 2. The van der Waals surface area contributed by atoms with Crippen molar-refractivity contribution in [2.75, 3.05) is 32.4 Å². The van der Waals surface area contributed by atoms with E-state index in [0.29, 0.717) is 6.07 Å². The fourth-order valence-corrected chi connectivity index (χ4v) is 2.71. The molecule has 0 unspecified atom stereocenters. The van der Waals surface area contributed by atoms with Gasteiger partial charge in [-0.15, -0.1) is 0 Å². The predicted molar refractivity (Wildman–Crippen MR) is 78.0 cm³/mol. The number of nitrogens with two attached hydrogens (primary N) is 1. The van der Waals surface area contributed by atoms with Crippen molar-refractivity contribution < 1.29 is 13.6 Å². The third-order valence-electron chi connectivity index (χ3n) is 4.19. The van der Waals surface area contributed by atoms with E-state index in [-0.39, 0.29) is 17.3 Å². The van der Waals surface area contributed by atoms with Gasteiger partial charge in [-0.3, -0.25) is 4.79 Å². The highest BCUT2D eigenvalue weighted by Crippen LogP contribution is 2.21. The van der Waals surface area contributed by atoms with Gasteiger partial charge in [-0.1, -0.05) is 6.92 Å². The Bertz CT molecular complexity index is 528.